The number of hydrogen-bond acceptors (Lipinski definition) is 5. The van der Waals surface area contributed by atoms with E-state index in [9.17, 15) is 9.59 Å². The Kier molecular flexibility index (Phi) is 8.80. The number of piperazine rings is 1. The van der Waals surface area contributed by atoms with Crippen LogP contribution >= 0.6 is 0 Å². The van der Waals surface area contributed by atoms with Gasteiger partial charge in [-0.05, 0) is 30.4 Å². The van der Waals surface area contributed by atoms with Gasteiger partial charge in [0.25, 0.3) is 0 Å². The number of hydrogen-bond donors (Lipinski definition) is 0. The van der Waals surface area contributed by atoms with Crippen molar-refractivity contribution in [1.29, 1.82) is 0 Å². The van der Waals surface area contributed by atoms with Gasteiger partial charge in [-0.15, -0.1) is 10.2 Å². The first kappa shape index (κ1) is 24.7. The van der Waals surface area contributed by atoms with Crippen LogP contribution in [0.2, 0.25) is 0 Å². The van der Waals surface area contributed by atoms with E-state index in [1.165, 1.54) is 0 Å². The Bertz CT molecular complexity index is 891. The van der Waals surface area contributed by atoms with Crippen LogP contribution in [0, 0.1) is 11.8 Å². The summed E-state index contributed by atoms with van der Waals surface area (Å²) >= 11 is 0. The highest BCUT2D eigenvalue weighted by Crippen LogP contribution is 2.19. The Labute approximate surface area is 197 Å². The first-order chi connectivity index (χ1) is 15.8. The standard InChI is InChI=1S/C26H37N5O2/c1-20(2)12-13-31(25(32)18-21(3)4)19-26(33)30-16-14-29(15-17-30)24-11-10-23(27-28-24)22-8-6-5-7-9-22/h5-11,20-21H,12-19H2,1-4H3. The summed E-state index contributed by atoms with van der Waals surface area (Å²) in [5, 5.41) is 8.79. The first-order valence-corrected chi connectivity index (χ1v) is 12.0. The predicted molar refractivity (Wildman–Crippen MR) is 132 cm³/mol. The molecule has 0 spiro atoms. The van der Waals surface area contributed by atoms with Crippen LogP contribution in [-0.4, -0.2) is 71.1 Å². The van der Waals surface area contributed by atoms with Crippen LogP contribution in [0.4, 0.5) is 5.82 Å². The summed E-state index contributed by atoms with van der Waals surface area (Å²) in [4.78, 5) is 31.4. The molecule has 1 aromatic heterocycles. The Morgan fingerprint density at radius 2 is 1.61 bits per heavy atom. The summed E-state index contributed by atoms with van der Waals surface area (Å²) in [6, 6.07) is 14.0. The Balaban J connectivity index is 1.54. The minimum atomic E-state index is 0.0287. The molecule has 0 N–H and O–H groups in total. The molecule has 2 aromatic rings. The molecule has 1 aliphatic rings. The van der Waals surface area contributed by atoms with E-state index in [1.54, 1.807) is 4.90 Å². The fourth-order valence-corrected chi connectivity index (χ4v) is 3.89. The molecule has 2 amide bonds. The highest BCUT2D eigenvalue weighted by molar-refractivity contribution is 5.85. The molecule has 178 valence electrons. The summed E-state index contributed by atoms with van der Waals surface area (Å²) in [6.07, 6.45) is 1.39. The van der Waals surface area contributed by atoms with E-state index in [1.807, 2.05) is 61.2 Å². The van der Waals surface area contributed by atoms with E-state index in [-0.39, 0.29) is 24.3 Å². The van der Waals surface area contributed by atoms with Crippen molar-refractivity contribution < 1.29 is 9.59 Å². The van der Waals surface area contributed by atoms with Gasteiger partial charge in [-0.25, -0.2) is 0 Å². The second kappa shape index (κ2) is 11.8. The van der Waals surface area contributed by atoms with Crippen LogP contribution in [0.15, 0.2) is 42.5 Å². The third kappa shape index (κ3) is 7.27. The summed E-state index contributed by atoms with van der Waals surface area (Å²) in [7, 11) is 0. The van der Waals surface area contributed by atoms with Crippen molar-refractivity contribution >= 4 is 17.6 Å². The zero-order chi connectivity index (χ0) is 23.8. The van der Waals surface area contributed by atoms with Gasteiger partial charge in [0, 0.05) is 44.7 Å². The summed E-state index contributed by atoms with van der Waals surface area (Å²) in [5.74, 6) is 1.71. The van der Waals surface area contributed by atoms with Crippen LogP contribution < -0.4 is 4.90 Å². The number of nitrogens with zero attached hydrogens (tertiary/aromatic N) is 5. The highest BCUT2D eigenvalue weighted by atomic mass is 16.2. The third-order valence-electron chi connectivity index (χ3n) is 5.91. The van der Waals surface area contributed by atoms with Crippen molar-refractivity contribution in [3.8, 4) is 11.3 Å². The SMILES string of the molecule is CC(C)CCN(CC(=O)N1CCN(c2ccc(-c3ccccc3)nn2)CC1)C(=O)CC(C)C. The molecule has 0 bridgehead atoms. The van der Waals surface area contributed by atoms with Gasteiger partial charge in [0.1, 0.15) is 0 Å². The van der Waals surface area contributed by atoms with Crippen molar-refractivity contribution in [2.75, 3.05) is 44.2 Å². The van der Waals surface area contributed by atoms with Crippen molar-refractivity contribution in [3.05, 3.63) is 42.5 Å². The fourth-order valence-electron chi connectivity index (χ4n) is 3.89. The van der Waals surface area contributed by atoms with E-state index in [4.69, 9.17) is 0 Å². The summed E-state index contributed by atoms with van der Waals surface area (Å²) in [6.45, 7) is 11.8. The zero-order valence-electron chi connectivity index (χ0n) is 20.4. The maximum Gasteiger partial charge on any atom is 0.242 e. The molecular formula is C26H37N5O2. The lowest BCUT2D eigenvalue weighted by Crippen LogP contribution is -2.52. The molecule has 7 heteroatoms. The van der Waals surface area contributed by atoms with Gasteiger partial charge in [-0.1, -0.05) is 58.0 Å². The lowest BCUT2D eigenvalue weighted by Gasteiger charge is -2.36. The van der Waals surface area contributed by atoms with Gasteiger partial charge in [-0.2, -0.15) is 0 Å². The molecule has 0 aliphatic carbocycles. The van der Waals surface area contributed by atoms with Gasteiger partial charge in [0.15, 0.2) is 5.82 Å². The van der Waals surface area contributed by atoms with Gasteiger partial charge in [0.2, 0.25) is 11.8 Å². The van der Waals surface area contributed by atoms with Crippen LogP contribution in [0.5, 0.6) is 0 Å². The number of carbonyl (C=O) groups is 2. The molecule has 0 unspecified atom stereocenters. The summed E-state index contributed by atoms with van der Waals surface area (Å²) < 4.78 is 0. The van der Waals surface area contributed by atoms with E-state index < -0.39 is 0 Å². The number of amides is 2. The smallest absolute Gasteiger partial charge is 0.242 e. The molecule has 1 saturated heterocycles. The first-order valence-electron chi connectivity index (χ1n) is 12.0. The van der Waals surface area contributed by atoms with Gasteiger partial charge < -0.3 is 14.7 Å². The third-order valence-corrected chi connectivity index (χ3v) is 5.91. The van der Waals surface area contributed by atoms with Crippen molar-refractivity contribution in [3.63, 3.8) is 0 Å². The second-order valence-electron chi connectivity index (χ2n) is 9.61. The highest BCUT2D eigenvalue weighted by Gasteiger charge is 2.25. The molecule has 3 rings (SSSR count). The Morgan fingerprint density at radius 1 is 0.909 bits per heavy atom. The Morgan fingerprint density at radius 3 is 2.18 bits per heavy atom. The lowest BCUT2D eigenvalue weighted by molar-refractivity contribution is -0.141. The molecule has 2 heterocycles. The fraction of sp³-hybridized carbons (Fsp3) is 0.538. The quantitative estimate of drug-likeness (QED) is 0.581. The van der Waals surface area contributed by atoms with E-state index in [0.717, 1.165) is 23.5 Å². The molecule has 7 nitrogen and oxygen atoms in total. The van der Waals surface area contributed by atoms with Crippen LogP contribution in [0.3, 0.4) is 0 Å². The molecular weight excluding hydrogens is 414 g/mol. The number of rotatable bonds is 9. The molecule has 0 atom stereocenters. The van der Waals surface area contributed by atoms with E-state index in [0.29, 0.717) is 45.1 Å². The maximum atomic E-state index is 13.0. The lowest BCUT2D eigenvalue weighted by atomic mass is 10.1. The van der Waals surface area contributed by atoms with Gasteiger partial charge in [0.05, 0.1) is 12.2 Å². The molecule has 1 fully saturated rings. The van der Waals surface area contributed by atoms with E-state index in [2.05, 4.69) is 28.9 Å². The van der Waals surface area contributed by atoms with Crippen molar-refractivity contribution in [2.24, 2.45) is 11.8 Å². The topological polar surface area (TPSA) is 69.6 Å². The maximum absolute atomic E-state index is 13.0. The van der Waals surface area contributed by atoms with Gasteiger partial charge in [-0.3, -0.25) is 9.59 Å². The minimum Gasteiger partial charge on any atom is -0.352 e. The average molecular weight is 452 g/mol. The van der Waals surface area contributed by atoms with Gasteiger partial charge >= 0.3 is 0 Å². The number of carbonyl (C=O) groups excluding carboxylic acids is 2. The monoisotopic (exact) mass is 451 g/mol. The summed E-state index contributed by atoms with van der Waals surface area (Å²) in [5.41, 5.74) is 1.89. The number of aromatic nitrogens is 2. The van der Waals surface area contributed by atoms with Crippen LogP contribution in [0.25, 0.3) is 11.3 Å². The molecule has 1 aliphatic heterocycles. The normalized spacial score (nSPS) is 14.1. The molecule has 0 radical (unpaired) electrons. The zero-order valence-corrected chi connectivity index (χ0v) is 20.4. The largest absolute Gasteiger partial charge is 0.352 e. The van der Waals surface area contributed by atoms with E-state index >= 15 is 0 Å². The number of anilines is 1. The van der Waals surface area contributed by atoms with Crippen molar-refractivity contribution in [2.45, 2.75) is 40.5 Å². The van der Waals surface area contributed by atoms with Crippen LogP contribution in [0.1, 0.15) is 40.5 Å². The minimum absolute atomic E-state index is 0.0287. The predicted octanol–water partition coefficient (Wildman–Crippen LogP) is 3.71. The van der Waals surface area contributed by atoms with Crippen molar-refractivity contribution in [1.82, 2.24) is 20.0 Å². The number of benzene rings is 1. The molecule has 1 aromatic carbocycles. The average Bonchev–Trinajstić information content (AvgIpc) is 2.82. The van der Waals surface area contributed by atoms with Crippen LogP contribution in [-0.2, 0) is 9.59 Å². The molecule has 33 heavy (non-hydrogen) atoms. The second-order valence-corrected chi connectivity index (χ2v) is 9.61. The molecule has 0 saturated carbocycles. The Hall–Kier alpha value is -2.96.